The van der Waals surface area contributed by atoms with Crippen molar-refractivity contribution in [3.05, 3.63) is 35.2 Å². The minimum atomic E-state index is -0.748. The van der Waals surface area contributed by atoms with Crippen molar-refractivity contribution in [1.82, 2.24) is 16.1 Å². The smallest absolute Gasteiger partial charge is 0.244 e. The van der Waals surface area contributed by atoms with Crippen LogP contribution < -0.4 is 16.1 Å². The van der Waals surface area contributed by atoms with Crippen LogP contribution in [0.4, 0.5) is 0 Å². The van der Waals surface area contributed by atoms with Crippen LogP contribution in [0.1, 0.15) is 32.3 Å². The van der Waals surface area contributed by atoms with Crippen molar-refractivity contribution in [2.45, 2.75) is 39.2 Å². The van der Waals surface area contributed by atoms with E-state index in [1.54, 1.807) is 16.8 Å². The molecule has 8 heteroatoms. The fourth-order valence-electron chi connectivity index (χ4n) is 3.21. The summed E-state index contributed by atoms with van der Waals surface area (Å²) >= 11 is 1.60. The van der Waals surface area contributed by atoms with Gasteiger partial charge in [-0.25, -0.2) is 5.48 Å². The molecule has 0 radical (unpaired) electrons. The molecule has 1 heterocycles. The average Bonchev–Trinajstić information content (AvgIpc) is 3.08. The zero-order chi connectivity index (χ0) is 20.7. The van der Waals surface area contributed by atoms with Crippen molar-refractivity contribution in [3.63, 3.8) is 0 Å². The minimum absolute atomic E-state index is 0.137. The molecule has 0 bridgehead atoms. The van der Waals surface area contributed by atoms with Crippen molar-refractivity contribution in [2.75, 3.05) is 7.05 Å². The fourth-order valence-corrected chi connectivity index (χ4v) is 4.18. The molecule has 0 fully saturated rings. The number of carbonyl (C=O) groups is 3. The number of likely N-dealkylation sites (N-methyl/N-ethyl adjacent to an activating group) is 1. The molecule has 0 saturated heterocycles. The number of nitrogens with one attached hydrogen (secondary N) is 3. The van der Waals surface area contributed by atoms with Gasteiger partial charge in [0.1, 0.15) is 6.04 Å². The average molecular weight is 406 g/mol. The normalized spacial score (nSPS) is 13.2. The molecule has 3 amide bonds. The van der Waals surface area contributed by atoms with Crippen LogP contribution in [0.2, 0.25) is 0 Å². The van der Waals surface area contributed by atoms with Gasteiger partial charge in [-0.3, -0.25) is 19.6 Å². The second-order valence-corrected chi connectivity index (χ2v) is 8.11. The molecule has 1 aromatic heterocycles. The summed E-state index contributed by atoms with van der Waals surface area (Å²) in [6.45, 7) is 3.90. The first-order valence-electron chi connectivity index (χ1n) is 9.25. The molecule has 0 aliphatic carbocycles. The standard InChI is InChI=1S/C20H27N3O4S/c1-12(2)8-13(10-18(24)23-27)19(25)22-16(20(26)21-3)9-14-11-28-17-7-5-4-6-15(14)17/h4-7,11-13,16,27H,8-10H2,1-3H3,(H,21,26)(H,22,25)(H,23,24)/t13-,16+/m1/s1. The monoisotopic (exact) mass is 405 g/mol. The van der Waals surface area contributed by atoms with E-state index in [2.05, 4.69) is 10.6 Å². The third kappa shape index (κ3) is 5.77. The summed E-state index contributed by atoms with van der Waals surface area (Å²) in [5.74, 6) is -1.73. The third-order valence-electron chi connectivity index (χ3n) is 4.55. The van der Waals surface area contributed by atoms with Gasteiger partial charge in [0, 0.05) is 30.5 Å². The zero-order valence-electron chi connectivity index (χ0n) is 16.3. The second-order valence-electron chi connectivity index (χ2n) is 7.20. The minimum Gasteiger partial charge on any atom is -0.357 e. The molecule has 0 unspecified atom stereocenters. The van der Waals surface area contributed by atoms with Gasteiger partial charge in [0.25, 0.3) is 0 Å². The number of hydroxylamine groups is 1. The highest BCUT2D eigenvalue weighted by atomic mass is 32.1. The Labute approximate surface area is 168 Å². The summed E-state index contributed by atoms with van der Waals surface area (Å²) in [7, 11) is 1.53. The van der Waals surface area contributed by atoms with Crippen LogP contribution in [-0.2, 0) is 20.8 Å². The first kappa shape index (κ1) is 21.8. The van der Waals surface area contributed by atoms with Gasteiger partial charge in [-0.2, -0.15) is 0 Å². The summed E-state index contributed by atoms with van der Waals surface area (Å²) < 4.78 is 1.12. The summed E-state index contributed by atoms with van der Waals surface area (Å²) in [5, 5.41) is 17.2. The largest absolute Gasteiger partial charge is 0.357 e. The van der Waals surface area contributed by atoms with Gasteiger partial charge < -0.3 is 10.6 Å². The molecule has 1 aromatic carbocycles. The summed E-state index contributed by atoms with van der Waals surface area (Å²) in [4.78, 5) is 36.8. The van der Waals surface area contributed by atoms with E-state index in [-0.39, 0.29) is 24.2 Å². The molecule has 2 rings (SSSR count). The Morgan fingerprint density at radius 1 is 1.14 bits per heavy atom. The Hall–Kier alpha value is -2.45. The molecule has 28 heavy (non-hydrogen) atoms. The molecule has 2 aromatic rings. The number of hydrogen-bond donors (Lipinski definition) is 4. The zero-order valence-corrected chi connectivity index (χ0v) is 17.1. The van der Waals surface area contributed by atoms with Gasteiger partial charge in [0.2, 0.25) is 17.7 Å². The molecule has 0 aliphatic rings. The van der Waals surface area contributed by atoms with Crippen LogP contribution in [0.15, 0.2) is 29.6 Å². The lowest BCUT2D eigenvalue weighted by molar-refractivity contribution is -0.136. The van der Waals surface area contributed by atoms with Gasteiger partial charge in [-0.15, -0.1) is 11.3 Å². The Morgan fingerprint density at radius 3 is 2.50 bits per heavy atom. The first-order valence-corrected chi connectivity index (χ1v) is 10.1. The maximum absolute atomic E-state index is 12.8. The van der Waals surface area contributed by atoms with E-state index in [0.717, 1.165) is 15.6 Å². The highest BCUT2D eigenvalue weighted by molar-refractivity contribution is 7.17. The number of hydrogen-bond acceptors (Lipinski definition) is 5. The first-order chi connectivity index (χ1) is 13.3. The number of carbonyl (C=O) groups excluding carboxylic acids is 3. The lowest BCUT2D eigenvalue weighted by atomic mass is 9.92. The van der Waals surface area contributed by atoms with Crippen molar-refractivity contribution in [3.8, 4) is 0 Å². The number of rotatable bonds is 9. The topological polar surface area (TPSA) is 108 Å². The Kier molecular flexibility index (Phi) is 7.95. The van der Waals surface area contributed by atoms with E-state index >= 15 is 0 Å². The number of fused-ring (bicyclic) bond motifs is 1. The van der Waals surface area contributed by atoms with Crippen LogP contribution in [-0.4, -0.2) is 36.0 Å². The molecule has 4 N–H and O–H groups in total. The van der Waals surface area contributed by atoms with Crippen molar-refractivity contribution in [1.29, 1.82) is 0 Å². The molecule has 0 spiro atoms. The van der Waals surface area contributed by atoms with Gasteiger partial charge in [-0.1, -0.05) is 32.0 Å². The van der Waals surface area contributed by atoms with Crippen molar-refractivity contribution in [2.24, 2.45) is 11.8 Å². The fraction of sp³-hybridized carbons (Fsp3) is 0.450. The maximum Gasteiger partial charge on any atom is 0.244 e. The molecule has 152 valence electrons. The maximum atomic E-state index is 12.8. The Balaban J connectivity index is 2.18. The SMILES string of the molecule is CNC(=O)[C@H](Cc1csc2ccccc12)NC(=O)[C@@H](CC(=O)NO)CC(C)C. The van der Waals surface area contributed by atoms with Crippen molar-refractivity contribution >= 4 is 39.1 Å². The van der Waals surface area contributed by atoms with E-state index in [1.165, 1.54) is 7.05 Å². The molecule has 0 aliphatic heterocycles. The second kappa shape index (κ2) is 10.2. The summed E-state index contributed by atoms with van der Waals surface area (Å²) in [6.07, 6.45) is 0.694. The van der Waals surface area contributed by atoms with E-state index < -0.39 is 17.9 Å². The molecule has 0 saturated carbocycles. The van der Waals surface area contributed by atoms with Gasteiger partial charge in [0.15, 0.2) is 0 Å². The predicted molar refractivity (Wildman–Crippen MR) is 109 cm³/mol. The predicted octanol–water partition coefficient (Wildman–Crippen LogP) is 2.23. The highest BCUT2D eigenvalue weighted by Crippen LogP contribution is 2.27. The van der Waals surface area contributed by atoms with Crippen LogP contribution in [0.5, 0.6) is 0 Å². The number of benzene rings is 1. The van der Waals surface area contributed by atoms with Crippen molar-refractivity contribution < 1.29 is 19.6 Å². The van der Waals surface area contributed by atoms with Crippen LogP contribution >= 0.6 is 11.3 Å². The lowest BCUT2D eigenvalue weighted by Crippen LogP contribution is -2.49. The van der Waals surface area contributed by atoms with E-state index in [4.69, 9.17) is 5.21 Å². The molecule has 2 atom stereocenters. The quantitative estimate of drug-likeness (QED) is 0.379. The van der Waals surface area contributed by atoms with E-state index in [0.29, 0.717) is 12.8 Å². The molecular weight excluding hydrogens is 378 g/mol. The van der Waals surface area contributed by atoms with E-state index in [9.17, 15) is 14.4 Å². The highest BCUT2D eigenvalue weighted by Gasteiger charge is 2.28. The molecule has 7 nitrogen and oxygen atoms in total. The lowest BCUT2D eigenvalue weighted by Gasteiger charge is -2.22. The summed E-state index contributed by atoms with van der Waals surface area (Å²) in [5.41, 5.74) is 2.56. The van der Waals surface area contributed by atoms with Gasteiger partial charge in [0.05, 0.1) is 0 Å². The van der Waals surface area contributed by atoms with Gasteiger partial charge >= 0.3 is 0 Å². The third-order valence-corrected chi connectivity index (χ3v) is 5.56. The summed E-state index contributed by atoms with van der Waals surface area (Å²) in [6, 6.07) is 7.17. The van der Waals surface area contributed by atoms with Crippen LogP contribution in [0.25, 0.3) is 10.1 Å². The van der Waals surface area contributed by atoms with Crippen LogP contribution in [0.3, 0.4) is 0 Å². The van der Waals surface area contributed by atoms with E-state index in [1.807, 2.05) is 43.5 Å². The van der Waals surface area contributed by atoms with Crippen LogP contribution in [0, 0.1) is 11.8 Å². The Morgan fingerprint density at radius 2 is 1.86 bits per heavy atom. The molecular formula is C20H27N3O4S. The number of amides is 3. The Bertz CT molecular complexity index is 834. The number of thiophene rings is 1. The van der Waals surface area contributed by atoms with Gasteiger partial charge in [-0.05, 0) is 34.7 Å².